The number of benzene rings is 2. The Bertz CT molecular complexity index is 958. The van der Waals surface area contributed by atoms with E-state index in [-0.39, 0.29) is 11.7 Å². The van der Waals surface area contributed by atoms with Gasteiger partial charge >= 0.3 is 0 Å². The largest absolute Gasteiger partial charge is 0.324 e. The van der Waals surface area contributed by atoms with Crippen LogP contribution in [0.1, 0.15) is 5.56 Å². The van der Waals surface area contributed by atoms with E-state index in [9.17, 15) is 4.79 Å². The van der Waals surface area contributed by atoms with Gasteiger partial charge in [0.15, 0.2) is 11.0 Å². The van der Waals surface area contributed by atoms with E-state index < -0.39 is 0 Å². The number of amides is 1. The fourth-order valence-corrected chi connectivity index (χ4v) is 3.57. The molecule has 3 aromatic rings. The summed E-state index contributed by atoms with van der Waals surface area (Å²) >= 11 is 13.2. The molecule has 0 aliphatic heterocycles. The van der Waals surface area contributed by atoms with Crippen LogP contribution in [0, 0.1) is 6.92 Å². The second-order valence-corrected chi connectivity index (χ2v) is 7.43. The first-order valence-electron chi connectivity index (χ1n) is 7.79. The Hall–Kier alpha value is -2.02. The van der Waals surface area contributed by atoms with Gasteiger partial charge in [-0.1, -0.05) is 59.2 Å². The second-order valence-electron chi connectivity index (χ2n) is 5.64. The summed E-state index contributed by atoms with van der Waals surface area (Å²) in [7, 11) is 1.89. The summed E-state index contributed by atoms with van der Waals surface area (Å²) in [5.74, 6) is 0.782. The maximum atomic E-state index is 12.2. The molecule has 1 heterocycles. The summed E-state index contributed by atoms with van der Waals surface area (Å²) in [4.78, 5) is 12.2. The lowest BCUT2D eigenvalue weighted by Gasteiger charge is -2.08. The quantitative estimate of drug-likeness (QED) is 0.616. The van der Waals surface area contributed by atoms with E-state index in [2.05, 4.69) is 15.5 Å². The fourth-order valence-electron chi connectivity index (χ4n) is 2.41. The lowest BCUT2D eigenvalue weighted by Crippen LogP contribution is -2.14. The number of hydrogen-bond acceptors (Lipinski definition) is 4. The monoisotopic (exact) mass is 406 g/mol. The number of aromatic nitrogens is 3. The van der Waals surface area contributed by atoms with Crippen molar-refractivity contribution in [3.05, 3.63) is 58.1 Å². The molecule has 0 fully saturated rings. The Morgan fingerprint density at radius 2 is 1.96 bits per heavy atom. The maximum Gasteiger partial charge on any atom is 0.234 e. The molecule has 0 bridgehead atoms. The normalized spacial score (nSPS) is 10.8. The first-order chi connectivity index (χ1) is 12.5. The standard InChI is InChI=1S/C18H16Cl2N4OS/c1-11-5-3-4-6-13(11)17-22-23-18(24(17)2)26-10-16(25)21-15-8-7-12(19)9-14(15)20/h3-9H,10H2,1-2H3,(H,21,25). The molecule has 0 saturated heterocycles. The Kier molecular flexibility index (Phi) is 5.86. The summed E-state index contributed by atoms with van der Waals surface area (Å²) in [6.07, 6.45) is 0. The number of nitrogens with one attached hydrogen (secondary N) is 1. The van der Waals surface area contributed by atoms with Crippen molar-refractivity contribution < 1.29 is 4.79 Å². The number of nitrogens with zero attached hydrogens (tertiary/aromatic N) is 3. The maximum absolute atomic E-state index is 12.2. The van der Waals surface area contributed by atoms with Crippen LogP contribution in [0.25, 0.3) is 11.4 Å². The predicted molar refractivity (Wildman–Crippen MR) is 107 cm³/mol. The van der Waals surface area contributed by atoms with Crippen LogP contribution in [-0.2, 0) is 11.8 Å². The SMILES string of the molecule is Cc1ccccc1-c1nnc(SCC(=O)Nc2ccc(Cl)cc2Cl)n1C. The van der Waals surface area contributed by atoms with Crippen LogP contribution in [0.4, 0.5) is 5.69 Å². The number of rotatable bonds is 5. The number of carbonyl (C=O) groups excluding carboxylic acids is 1. The lowest BCUT2D eigenvalue weighted by atomic mass is 10.1. The number of thioether (sulfide) groups is 1. The van der Waals surface area contributed by atoms with Crippen LogP contribution >= 0.6 is 35.0 Å². The minimum absolute atomic E-state index is 0.181. The number of hydrogen-bond donors (Lipinski definition) is 1. The zero-order valence-corrected chi connectivity index (χ0v) is 16.5. The summed E-state index contributed by atoms with van der Waals surface area (Å²) in [5.41, 5.74) is 2.67. The van der Waals surface area contributed by atoms with Gasteiger partial charge in [-0.15, -0.1) is 10.2 Å². The van der Waals surface area contributed by atoms with Gasteiger partial charge in [0.25, 0.3) is 0 Å². The highest BCUT2D eigenvalue weighted by Gasteiger charge is 2.14. The van der Waals surface area contributed by atoms with Crippen LogP contribution in [0.3, 0.4) is 0 Å². The highest BCUT2D eigenvalue weighted by atomic mass is 35.5. The molecule has 8 heteroatoms. The van der Waals surface area contributed by atoms with Crippen molar-refractivity contribution in [1.82, 2.24) is 14.8 Å². The number of aryl methyl sites for hydroxylation is 1. The molecule has 0 atom stereocenters. The fraction of sp³-hybridized carbons (Fsp3) is 0.167. The van der Waals surface area contributed by atoms with Crippen molar-refractivity contribution in [3.8, 4) is 11.4 Å². The minimum atomic E-state index is -0.181. The lowest BCUT2D eigenvalue weighted by molar-refractivity contribution is -0.113. The van der Waals surface area contributed by atoms with Crippen LogP contribution in [0.15, 0.2) is 47.6 Å². The summed E-state index contributed by atoms with van der Waals surface area (Å²) in [6.45, 7) is 2.03. The van der Waals surface area contributed by atoms with Crippen LogP contribution in [0.5, 0.6) is 0 Å². The van der Waals surface area contributed by atoms with Gasteiger partial charge in [0.05, 0.1) is 16.5 Å². The van der Waals surface area contributed by atoms with Crippen molar-refractivity contribution in [3.63, 3.8) is 0 Å². The van der Waals surface area contributed by atoms with Crippen LogP contribution in [-0.4, -0.2) is 26.4 Å². The topological polar surface area (TPSA) is 59.8 Å². The Balaban J connectivity index is 1.67. The van der Waals surface area contributed by atoms with Crippen molar-refractivity contribution >= 4 is 46.6 Å². The molecule has 0 spiro atoms. The van der Waals surface area contributed by atoms with E-state index in [0.29, 0.717) is 20.9 Å². The van der Waals surface area contributed by atoms with Crippen LogP contribution in [0.2, 0.25) is 10.0 Å². The molecule has 0 aliphatic rings. The van der Waals surface area contributed by atoms with Crippen molar-refractivity contribution in [1.29, 1.82) is 0 Å². The molecular weight excluding hydrogens is 391 g/mol. The summed E-state index contributed by atoms with van der Waals surface area (Å²) < 4.78 is 1.88. The third kappa shape index (κ3) is 4.20. The molecule has 0 aliphatic carbocycles. The van der Waals surface area contributed by atoms with E-state index in [1.807, 2.05) is 42.8 Å². The van der Waals surface area contributed by atoms with Gasteiger partial charge in [-0.2, -0.15) is 0 Å². The van der Waals surface area contributed by atoms with Crippen LogP contribution < -0.4 is 5.32 Å². The molecule has 26 heavy (non-hydrogen) atoms. The number of carbonyl (C=O) groups is 1. The molecule has 1 N–H and O–H groups in total. The number of anilines is 1. The first-order valence-corrected chi connectivity index (χ1v) is 9.53. The Morgan fingerprint density at radius 3 is 2.69 bits per heavy atom. The van der Waals surface area contributed by atoms with Crippen molar-refractivity contribution in [2.24, 2.45) is 7.05 Å². The predicted octanol–water partition coefficient (Wildman–Crippen LogP) is 4.83. The zero-order chi connectivity index (χ0) is 18.7. The smallest absolute Gasteiger partial charge is 0.234 e. The highest BCUT2D eigenvalue weighted by Crippen LogP contribution is 2.27. The summed E-state index contributed by atoms with van der Waals surface area (Å²) in [6, 6.07) is 12.9. The van der Waals surface area contributed by atoms with Crippen molar-refractivity contribution in [2.45, 2.75) is 12.1 Å². The van der Waals surface area contributed by atoms with E-state index >= 15 is 0 Å². The average Bonchev–Trinajstić information content (AvgIpc) is 2.97. The Labute approximate surface area is 165 Å². The van der Waals surface area contributed by atoms with Gasteiger partial charge in [-0.05, 0) is 30.7 Å². The van der Waals surface area contributed by atoms with E-state index in [0.717, 1.165) is 17.0 Å². The molecule has 2 aromatic carbocycles. The van der Waals surface area contributed by atoms with Gasteiger partial charge < -0.3 is 9.88 Å². The van der Waals surface area contributed by atoms with Gasteiger partial charge in [0.1, 0.15) is 0 Å². The molecule has 0 unspecified atom stereocenters. The van der Waals surface area contributed by atoms with E-state index in [4.69, 9.17) is 23.2 Å². The molecule has 5 nitrogen and oxygen atoms in total. The molecule has 1 amide bonds. The zero-order valence-electron chi connectivity index (χ0n) is 14.2. The average molecular weight is 407 g/mol. The molecule has 0 radical (unpaired) electrons. The first kappa shape index (κ1) is 18.8. The molecule has 3 rings (SSSR count). The third-order valence-corrected chi connectivity index (χ3v) is 5.33. The van der Waals surface area contributed by atoms with Crippen molar-refractivity contribution in [2.75, 3.05) is 11.1 Å². The van der Waals surface area contributed by atoms with Gasteiger partial charge in [0.2, 0.25) is 5.91 Å². The highest BCUT2D eigenvalue weighted by molar-refractivity contribution is 7.99. The molecule has 134 valence electrons. The second kappa shape index (κ2) is 8.12. The van der Waals surface area contributed by atoms with Gasteiger partial charge in [-0.3, -0.25) is 4.79 Å². The number of halogens is 2. The van der Waals surface area contributed by atoms with E-state index in [1.54, 1.807) is 18.2 Å². The molecular formula is C18H16Cl2N4OS. The Morgan fingerprint density at radius 1 is 1.19 bits per heavy atom. The minimum Gasteiger partial charge on any atom is -0.324 e. The molecule has 1 aromatic heterocycles. The third-order valence-electron chi connectivity index (χ3n) is 3.76. The van der Waals surface area contributed by atoms with E-state index in [1.165, 1.54) is 11.8 Å². The van der Waals surface area contributed by atoms with Gasteiger partial charge in [0, 0.05) is 17.6 Å². The molecule has 0 saturated carbocycles. The van der Waals surface area contributed by atoms with Gasteiger partial charge in [-0.25, -0.2) is 0 Å². The summed E-state index contributed by atoms with van der Waals surface area (Å²) in [5, 5.41) is 12.8.